The molecule has 0 saturated heterocycles. The number of nitrogens with one attached hydrogen (secondary N) is 3. The Labute approximate surface area is 152 Å². The van der Waals surface area contributed by atoms with E-state index in [2.05, 4.69) is 36.9 Å². The molecule has 0 unspecified atom stereocenters. The van der Waals surface area contributed by atoms with Crippen molar-refractivity contribution in [3.63, 3.8) is 0 Å². The first-order valence-electron chi connectivity index (χ1n) is 7.99. The van der Waals surface area contributed by atoms with Crippen LogP contribution >= 0.6 is 15.9 Å². The van der Waals surface area contributed by atoms with Gasteiger partial charge in [-0.05, 0) is 45.0 Å². The average molecular weight is 399 g/mol. The van der Waals surface area contributed by atoms with E-state index in [1.165, 1.54) is 0 Å². The summed E-state index contributed by atoms with van der Waals surface area (Å²) in [5.41, 5.74) is 0.465. The van der Waals surface area contributed by atoms with Crippen molar-refractivity contribution in [3.8, 4) is 0 Å². The largest absolute Gasteiger partial charge is 0.377 e. The fourth-order valence-electron chi connectivity index (χ4n) is 1.73. The summed E-state index contributed by atoms with van der Waals surface area (Å²) >= 11 is 3.37. The zero-order valence-corrected chi connectivity index (χ0v) is 16.4. The summed E-state index contributed by atoms with van der Waals surface area (Å²) in [7, 11) is 1.67. The lowest BCUT2D eigenvalue weighted by Gasteiger charge is -2.21. The molecule has 0 saturated carbocycles. The number of aliphatic imine (C=N–C) groups is 1. The zero-order chi connectivity index (χ0) is 18.0. The van der Waals surface area contributed by atoms with E-state index in [4.69, 9.17) is 4.74 Å². The maximum Gasteiger partial charge on any atom is 0.226 e. The number of nitrogens with zero attached hydrogens (tertiary/aromatic N) is 1. The smallest absolute Gasteiger partial charge is 0.226 e. The van der Waals surface area contributed by atoms with Gasteiger partial charge in [0, 0.05) is 36.8 Å². The van der Waals surface area contributed by atoms with Gasteiger partial charge in [0.05, 0.1) is 12.1 Å². The first-order valence-corrected chi connectivity index (χ1v) is 8.78. The molecule has 0 aliphatic carbocycles. The van der Waals surface area contributed by atoms with E-state index in [9.17, 15) is 4.79 Å². The number of halogens is 1. The van der Waals surface area contributed by atoms with Crippen LogP contribution in [-0.2, 0) is 9.53 Å². The van der Waals surface area contributed by atoms with E-state index in [-0.39, 0.29) is 11.5 Å². The third kappa shape index (κ3) is 8.31. The van der Waals surface area contributed by atoms with Gasteiger partial charge in [0.15, 0.2) is 5.96 Å². The van der Waals surface area contributed by atoms with E-state index >= 15 is 0 Å². The molecule has 0 fully saturated rings. The van der Waals surface area contributed by atoms with E-state index in [1.807, 2.05) is 45.0 Å². The van der Waals surface area contributed by atoms with Crippen LogP contribution < -0.4 is 16.0 Å². The van der Waals surface area contributed by atoms with Crippen molar-refractivity contribution in [1.82, 2.24) is 10.6 Å². The second-order valence-electron chi connectivity index (χ2n) is 5.89. The lowest BCUT2D eigenvalue weighted by atomic mass is 10.1. The molecule has 3 N–H and O–H groups in total. The van der Waals surface area contributed by atoms with Gasteiger partial charge in [-0.15, -0.1) is 0 Å². The van der Waals surface area contributed by atoms with Crippen LogP contribution in [0.15, 0.2) is 33.7 Å². The number of hydrogen-bond donors (Lipinski definition) is 3. The number of amides is 1. The highest BCUT2D eigenvalue weighted by Gasteiger charge is 2.15. The first kappa shape index (κ1) is 20.4. The van der Waals surface area contributed by atoms with Crippen molar-refractivity contribution in [2.24, 2.45) is 4.99 Å². The van der Waals surface area contributed by atoms with Crippen LogP contribution in [-0.4, -0.2) is 44.2 Å². The molecule has 134 valence electrons. The minimum Gasteiger partial charge on any atom is -0.377 e. The van der Waals surface area contributed by atoms with Gasteiger partial charge >= 0.3 is 0 Å². The normalized spacial score (nSPS) is 12.0. The molecule has 1 aromatic carbocycles. The van der Waals surface area contributed by atoms with Gasteiger partial charge in [0.2, 0.25) is 5.91 Å². The minimum absolute atomic E-state index is 0.0436. The van der Waals surface area contributed by atoms with Crippen molar-refractivity contribution < 1.29 is 9.53 Å². The molecule has 1 amide bonds. The van der Waals surface area contributed by atoms with Crippen LogP contribution in [0.1, 0.15) is 27.2 Å². The SMILES string of the molecule is CCNC(=NCC(C)(C)OC)NCCC(=O)Nc1ccc(Br)cc1. The van der Waals surface area contributed by atoms with Crippen LogP contribution in [0.4, 0.5) is 5.69 Å². The van der Waals surface area contributed by atoms with Gasteiger partial charge in [-0.25, -0.2) is 0 Å². The summed E-state index contributed by atoms with van der Waals surface area (Å²) < 4.78 is 6.33. The second kappa shape index (κ2) is 10.3. The number of guanidine groups is 1. The molecule has 0 bridgehead atoms. The van der Waals surface area contributed by atoms with Gasteiger partial charge in [0.1, 0.15) is 0 Å². The Hall–Kier alpha value is -1.60. The lowest BCUT2D eigenvalue weighted by molar-refractivity contribution is -0.116. The quantitative estimate of drug-likeness (QED) is 0.464. The maximum atomic E-state index is 12.0. The number of ether oxygens (including phenoxy) is 1. The summed E-state index contributed by atoms with van der Waals surface area (Å²) in [6.45, 7) is 7.74. The van der Waals surface area contributed by atoms with Crippen molar-refractivity contribution >= 4 is 33.5 Å². The molecular weight excluding hydrogens is 372 g/mol. The Bertz CT molecular complexity index is 544. The Morgan fingerprint density at radius 2 is 1.92 bits per heavy atom. The predicted octanol–water partition coefficient (Wildman–Crippen LogP) is 2.76. The number of rotatable bonds is 8. The molecule has 0 radical (unpaired) electrons. The number of carbonyl (C=O) groups excluding carboxylic acids is 1. The molecule has 0 aromatic heterocycles. The predicted molar refractivity (Wildman–Crippen MR) is 102 cm³/mol. The Morgan fingerprint density at radius 3 is 2.50 bits per heavy atom. The molecule has 0 aliphatic rings. The minimum atomic E-state index is -0.318. The summed E-state index contributed by atoms with van der Waals surface area (Å²) in [6, 6.07) is 7.49. The number of anilines is 1. The van der Waals surface area contributed by atoms with E-state index in [0.29, 0.717) is 25.5 Å². The van der Waals surface area contributed by atoms with E-state index < -0.39 is 0 Å². The molecule has 24 heavy (non-hydrogen) atoms. The fourth-order valence-corrected chi connectivity index (χ4v) is 1.99. The van der Waals surface area contributed by atoms with Gasteiger partial charge in [-0.2, -0.15) is 0 Å². The molecule has 7 heteroatoms. The Kier molecular flexibility index (Phi) is 8.78. The summed E-state index contributed by atoms with van der Waals surface area (Å²) in [6.07, 6.45) is 0.355. The fraction of sp³-hybridized carbons (Fsp3) is 0.529. The molecule has 0 atom stereocenters. The van der Waals surface area contributed by atoms with Crippen LogP contribution in [0, 0.1) is 0 Å². The highest BCUT2D eigenvalue weighted by Crippen LogP contribution is 2.14. The summed E-state index contributed by atoms with van der Waals surface area (Å²) in [5, 5.41) is 9.17. The number of hydrogen-bond acceptors (Lipinski definition) is 3. The summed E-state index contributed by atoms with van der Waals surface area (Å²) in [5.74, 6) is 0.636. The molecule has 1 rings (SSSR count). The van der Waals surface area contributed by atoms with Gasteiger partial charge < -0.3 is 20.7 Å². The lowest BCUT2D eigenvalue weighted by Crippen LogP contribution is -2.40. The Balaban J connectivity index is 2.42. The van der Waals surface area contributed by atoms with Gasteiger partial charge in [-0.1, -0.05) is 15.9 Å². The van der Waals surface area contributed by atoms with Gasteiger partial charge in [0.25, 0.3) is 0 Å². The van der Waals surface area contributed by atoms with Crippen molar-refractivity contribution in [2.75, 3.05) is 32.1 Å². The zero-order valence-electron chi connectivity index (χ0n) is 14.8. The standard InChI is InChI=1S/C17H27BrN4O2/c1-5-19-16(21-12-17(2,3)24-4)20-11-10-15(23)22-14-8-6-13(18)7-9-14/h6-9H,5,10-12H2,1-4H3,(H,22,23)(H2,19,20,21). The van der Waals surface area contributed by atoms with Crippen molar-refractivity contribution in [3.05, 3.63) is 28.7 Å². The Morgan fingerprint density at radius 1 is 1.25 bits per heavy atom. The first-order chi connectivity index (χ1) is 11.4. The van der Waals surface area contributed by atoms with Gasteiger partial charge in [-0.3, -0.25) is 9.79 Å². The highest BCUT2D eigenvalue weighted by atomic mass is 79.9. The summed E-state index contributed by atoms with van der Waals surface area (Å²) in [4.78, 5) is 16.4. The number of benzene rings is 1. The average Bonchev–Trinajstić information content (AvgIpc) is 2.55. The number of methoxy groups -OCH3 is 1. The van der Waals surface area contributed by atoms with Crippen LogP contribution in [0.2, 0.25) is 0 Å². The molecule has 1 aromatic rings. The second-order valence-corrected chi connectivity index (χ2v) is 6.81. The molecule has 6 nitrogen and oxygen atoms in total. The topological polar surface area (TPSA) is 74.8 Å². The molecule has 0 heterocycles. The van der Waals surface area contributed by atoms with E-state index in [1.54, 1.807) is 7.11 Å². The van der Waals surface area contributed by atoms with Crippen molar-refractivity contribution in [2.45, 2.75) is 32.8 Å². The van der Waals surface area contributed by atoms with Crippen LogP contribution in [0.5, 0.6) is 0 Å². The monoisotopic (exact) mass is 398 g/mol. The highest BCUT2D eigenvalue weighted by molar-refractivity contribution is 9.10. The van der Waals surface area contributed by atoms with Crippen LogP contribution in [0.3, 0.4) is 0 Å². The van der Waals surface area contributed by atoms with Crippen LogP contribution in [0.25, 0.3) is 0 Å². The van der Waals surface area contributed by atoms with Crippen molar-refractivity contribution in [1.29, 1.82) is 0 Å². The third-order valence-electron chi connectivity index (χ3n) is 3.29. The maximum absolute atomic E-state index is 12.0. The van der Waals surface area contributed by atoms with E-state index in [0.717, 1.165) is 16.7 Å². The molecule has 0 spiro atoms. The third-order valence-corrected chi connectivity index (χ3v) is 3.82. The number of carbonyl (C=O) groups is 1. The molecule has 0 aliphatic heterocycles. The molecular formula is C17H27BrN4O2.